The SMILES string of the molecule is CC1CC(=O)OC1C(N)C(F)(F)F. The lowest BCUT2D eigenvalue weighted by Crippen LogP contribution is -2.48. The summed E-state index contributed by atoms with van der Waals surface area (Å²) in [6.07, 6.45) is -5.73. The fourth-order valence-corrected chi connectivity index (χ4v) is 1.31. The Balaban J connectivity index is 2.67. The molecule has 1 heterocycles. The summed E-state index contributed by atoms with van der Waals surface area (Å²) in [6, 6.07) is -2.08. The largest absolute Gasteiger partial charge is 0.460 e. The van der Waals surface area contributed by atoms with Crippen molar-refractivity contribution in [2.45, 2.75) is 31.7 Å². The second-order valence-electron chi connectivity index (χ2n) is 3.20. The predicted molar refractivity (Wildman–Crippen MR) is 37.7 cm³/mol. The van der Waals surface area contributed by atoms with E-state index in [1.165, 1.54) is 6.92 Å². The summed E-state index contributed by atoms with van der Waals surface area (Å²) in [5.41, 5.74) is 4.91. The molecule has 3 nitrogen and oxygen atoms in total. The number of carbonyl (C=O) groups is 1. The first-order valence-electron chi connectivity index (χ1n) is 3.84. The number of cyclic esters (lactones) is 1. The fourth-order valence-electron chi connectivity index (χ4n) is 1.31. The number of hydrogen-bond acceptors (Lipinski definition) is 3. The average Bonchev–Trinajstić information content (AvgIpc) is 2.26. The molecule has 0 amide bonds. The summed E-state index contributed by atoms with van der Waals surface area (Å²) in [5, 5.41) is 0. The number of carbonyl (C=O) groups excluding carboxylic acids is 1. The van der Waals surface area contributed by atoms with Crippen LogP contribution in [-0.4, -0.2) is 24.3 Å². The maximum atomic E-state index is 12.1. The Morgan fingerprint density at radius 2 is 2.15 bits per heavy atom. The number of nitrogens with two attached hydrogens (primary N) is 1. The molecule has 0 aromatic heterocycles. The highest BCUT2D eigenvalue weighted by Crippen LogP contribution is 2.31. The molecule has 13 heavy (non-hydrogen) atoms. The minimum absolute atomic E-state index is 0.00838. The second kappa shape index (κ2) is 3.17. The highest BCUT2D eigenvalue weighted by Gasteiger charge is 2.48. The van der Waals surface area contributed by atoms with Crippen LogP contribution in [0.25, 0.3) is 0 Å². The molecule has 0 aromatic carbocycles. The molecule has 6 heteroatoms. The molecule has 3 unspecified atom stereocenters. The summed E-state index contributed by atoms with van der Waals surface area (Å²) in [6.45, 7) is 1.52. The van der Waals surface area contributed by atoms with Gasteiger partial charge in [-0.25, -0.2) is 0 Å². The van der Waals surface area contributed by atoms with Crippen molar-refractivity contribution in [3.63, 3.8) is 0 Å². The van der Waals surface area contributed by atoms with Gasteiger partial charge in [0.15, 0.2) is 0 Å². The van der Waals surface area contributed by atoms with Crippen molar-refractivity contribution in [3.8, 4) is 0 Å². The molecule has 1 saturated heterocycles. The molecular formula is C7H10F3NO2. The Labute approximate surface area is 73.0 Å². The molecule has 76 valence electrons. The zero-order valence-corrected chi connectivity index (χ0v) is 6.97. The molecule has 1 rings (SSSR count). The third-order valence-electron chi connectivity index (χ3n) is 2.05. The van der Waals surface area contributed by atoms with Crippen LogP contribution >= 0.6 is 0 Å². The number of esters is 1. The van der Waals surface area contributed by atoms with Crippen molar-refractivity contribution in [1.29, 1.82) is 0 Å². The van der Waals surface area contributed by atoms with Gasteiger partial charge in [0, 0.05) is 5.92 Å². The maximum Gasteiger partial charge on any atom is 0.407 e. The molecule has 0 radical (unpaired) electrons. The van der Waals surface area contributed by atoms with E-state index in [-0.39, 0.29) is 6.42 Å². The van der Waals surface area contributed by atoms with Crippen LogP contribution < -0.4 is 5.73 Å². The number of halogens is 3. The lowest BCUT2D eigenvalue weighted by molar-refractivity contribution is -0.177. The average molecular weight is 197 g/mol. The Kier molecular flexibility index (Phi) is 2.51. The van der Waals surface area contributed by atoms with Gasteiger partial charge in [0.25, 0.3) is 0 Å². The molecule has 0 saturated carbocycles. The molecule has 0 aromatic rings. The van der Waals surface area contributed by atoms with Gasteiger partial charge in [0.1, 0.15) is 12.1 Å². The van der Waals surface area contributed by atoms with Crippen molar-refractivity contribution in [1.82, 2.24) is 0 Å². The highest BCUT2D eigenvalue weighted by atomic mass is 19.4. The summed E-state index contributed by atoms with van der Waals surface area (Å²) in [4.78, 5) is 10.7. The van der Waals surface area contributed by atoms with Crippen LogP contribution in [0.15, 0.2) is 0 Å². The third kappa shape index (κ3) is 2.12. The van der Waals surface area contributed by atoms with E-state index in [4.69, 9.17) is 5.73 Å². The molecule has 1 aliphatic rings. The van der Waals surface area contributed by atoms with Gasteiger partial charge < -0.3 is 10.5 Å². The lowest BCUT2D eigenvalue weighted by atomic mass is 9.98. The summed E-state index contributed by atoms with van der Waals surface area (Å²) in [5.74, 6) is -1.08. The Morgan fingerprint density at radius 3 is 2.46 bits per heavy atom. The van der Waals surface area contributed by atoms with E-state index in [0.717, 1.165) is 0 Å². The smallest absolute Gasteiger partial charge is 0.407 e. The molecule has 1 fully saturated rings. The van der Waals surface area contributed by atoms with Crippen molar-refractivity contribution in [3.05, 3.63) is 0 Å². The molecule has 2 N–H and O–H groups in total. The zero-order chi connectivity index (χ0) is 10.2. The van der Waals surface area contributed by atoms with Gasteiger partial charge in [-0.05, 0) is 0 Å². The number of rotatable bonds is 1. The van der Waals surface area contributed by atoms with Gasteiger partial charge in [0.05, 0.1) is 6.42 Å². The molecule has 0 spiro atoms. The monoisotopic (exact) mass is 197 g/mol. The van der Waals surface area contributed by atoms with Crippen LogP contribution in [0.2, 0.25) is 0 Å². The van der Waals surface area contributed by atoms with Gasteiger partial charge in [-0.3, -0.25) is 4.79 Å². The predicted octanol–water partition coefficient (Wildman–Crippen LogP) is 0.828. The minimum Gasteiger partial charge on any atom is -0.460 e. The standard InChI is InChI=1S/C7H10F3NO2/c1-3-2-4(12)13-5(3)6(11)7(8,9)10/h3,5-6H,2,11H2,1H3. The van der Waals surface area contributed by atoms with E-state index < -0.39 is 30.2 Å². The molecule has 1 aliphatic heterocycles. The first-order valence-corrected chi connectivity index (χ1v) is 3.84. The minimum atomic E-state index is -4.51. The topological polar surface area (TPSA) is 52.3 Å². The molecule has 0 bridgehead atoms. The number of hydrogen-bond donors (Lipinski definition) is 1. The van der Waals surface area contributed by atoms with Gasteiger partial charge in [0.2, 0.25) is 0 Å². The normalized spacial score (nSPS) is 31.6. The van der Waals surface area contributed by atoms with Gasteiger partial charge in [-0.15, -0.1) is 0 Å². The number of ether oxygens (including phenoxy) is 1. The Bertz CT molecular complexity index is 216. The summed E-state index contributed by atoms with van der Waals surface area (Å²) >= 11 is 0. The maximum absolute atomic E-state index is 12.1. The van der Waals surface area contributed by atoms with E-state index in [2.05, 4.69) is 4.74 Å². The first kappa shape index (κ1) is 10.3. The van der Waals surface area contributed by atoms with E-state index in [0.29, 0.717) is 0 Å². The first-order chi connectivity index (χ1) is 5.82. The van der Waals surface area contributed by atoms with Crippen LogP contribution in [0.4, 0.5) is 13.2 Å². The summed E-state index contributed by atoms with van der Waals surface area (Å²) < 4.78 is 40.7. The zero-order valence-electron chi connectivity index (χ0n) is 6.97. The van der Waals surface area contributed by atoms with Crippen LogP contribution in [0.3, 0.4) is 0 Å². The highest BCUT2D eigenvalue weighted by molar-refractivity contribution is 5.72. The summed E-state index contributed by atoms with van der Waals surface area (Å²) in [7, 11) is 0. The molecular weight excluding hydrogens is 187 g/mol. The van der Waals surface area contributed by atoms with Gasteiger partial charge in [-0.1, -0.05) is 6.92 Å². The lowest BCUT2D eigenvalue weighted by Gasteiger charge is -2.23. The van der Waals surface area contributed by atoms with E-state index in [9.17, 15) is 18.0 Å². The van der Waals surface area contributed by atoms with E-state index in [1.807, 2.05) is 0 Å². The third-order valence-corrected chi connectivity index (χ3v) is 2.05. The van der Waals surface area contributed by atoms with Crippen molar-refractivity contribution < 1.29 is 22.7 Å². The molecule has 3 atom stereocenters. The van der Waals surface area contributed by atoms with E-state index in [1.54, 1.807) is 0 Å². The van der Waals surface area contributed by atoms with Crippen molar-refractivity contribution >= 4 is 5.97 Å². The Morgan fingerprint density at radius 1 is 1.62 bits per heavy atom. The van der Waals surface area contributed by atoms with Gasteiger partial charge >= 0.3 is 12.1 Å². The quantitative estimate of drug-likeness (QED) is 0.633. The van der Waals surface area contributed by atoms with Crippen molar-refractivity contribution in [2.24, 2.45) is 11.7 Å². The van der Waals surface area contributed by atoms with Gasteiger partial charge in [-0.2, -0.15) is 13.2 Å². The Hall–Kier alpha value is -0.780. The van der Waals surface area contributed by atoms with Crippen LogP contribution in [0.1, 0.15) is 13.3 Å². The van der Waals surface area contributed by atoms with Crippen LogP contribution in [-0.2, 0) is 9.53 Å². The molecule has 0 aliphatic carbocycles. The van der Waals surface area contributed by atoms with Crippen molar-refractivity contribution in [2.75, 3.05) is 0 Å². The fraction of sp³-hybridized carbons (Fsp3) is 0.857. The van der Waals surface area contributed by atoms with Crippen LogP contribution in [0.5, 0.6) is 0 Å². The number of alkyl halides is 3. The van der Waals surface area contributed by atoms with E-state index >= 15 is 0 Å². The van der Waals surface area contributed by atoms with Crippen LogP contribution in [0, 0.1) is 5.92 Å². The second-order valence-corrected chi connectivity index (χ2v) is 3.20.